The number of thiophene rings is 1. The van der Waals surface area contributed by atoms with Gasteiger partial charge in [-0.2, -0.15) is 0 Å². The summed E-state index contributed by atoms with van der Waals surface area (Å²) >= 11 is 5.21. The molecule has 0 atom stereocenters. The van der Waals surface area contributed by atoms with Crippen LogP contribution >= 0.6 is 27.3 Å². The molecule has 0 amide bonds. The molecule has 0 radical (unpaired) electrons. The maximum atomic E-state index is 3.46. The maximum absolute atomic E-state index is 3.46. The first kappa shape index (κ1) is 11.2. The summed E-state index contributed by atoms with van der Waals surface area (Å²) in [5, 5.41) is 5.63. The molecule has 0 spiro atoms. The topological polar surface area (TPSA) is 12.0 Å². The number of hydrogen-bond acceptors (Lipinski definition) is 2. The van der Waals surface area contributed by atoms with Crippen LogP contribution in [0.4, 0.5) is 0 Å². The normalized spacial score (nSPS) is 10.6. The van der Waals surface area contributed by atoms with Gasteiger partial charge in [-0.3, -0.25) is 0 Å². The van der Waals surface area contributed by atoms with Gasteiger partial charge in [-0.1, -0.05) is 19.8 Å². The van der Waals surface area contributed by atoms with Crippen molar-refractivity contribution in [2.45, 2.75) is 32.7 Å². The molecular weight excluding hydrogens is 246 g/mol. The van der Waals surface area contributed by atoms with Gasteiger partial charge < -0.3 is 5.32 Å². The standard InChI is InChI=1S/C10H16BrNS/c1-2-3-4-5-12-7-9-6-10(11)13-8-9/h6,8,12H,2-5,7H2,1H3. The highest BCUT2D eigenvalue weighted by atomic mass is 79.9. The van der Waals surface area contributed by atoms with Gasteiger partial charge in [0, 0.05) is 6.54 Å². The molecular formula is C10H16BrNS. The Bertz CT molecular complexity index is 235. The molecule has 1 rings (SSSR count). The monoisotopic (exact) mass is 261 g/mol. The summed E-state index contributed by atoms with van der Waals surface area (Å²) in [6.07, 6.45) is 3.92. The third-order valence-electron chi connectivity index (χ3n) is 1.91. The van der Waals surface area contributed by atoms with Crippen molar-refractivity contribution in [2.24, 2.45) is 0 Å². The van der Waals surface area contributed by atoms with Crippen LogP contribution in [0.25, 0.3) is 0 Å². The summed E-state index contributed by atoms with van der Waals surface area (Å²) in [7, 11) is 0. The lowest BCUT2D eigenvalue weighted by Gasteiger charge is -2.01. The highest BCUT2D eigenvalue weighted by molar-refractivity contribution is 9.11. The Labute approximate surface area is 92.7 Å². The Kier molecular flexibility index (Phi) is 5.67. The van der Waals surface area contributed by atoms with E-state index < -0.39 is 0 Å². The second-order valence-corrected chi connectivity index (χ2v) is 5.43. The molecule has 3 heteroatoms. The predicted molar refractivity (Wildman–Crippen MR) is 63.3 cm³/mol. The zero-order valence-corrected chi connectivity index (χ0v) is 10.4. The maximum Gasteiger partial charge on any atom is 0.0701 e. The highest BCUT2D eigenvalue weighted by Gasteiger charge is 1.95. The molecule has 74 valence electrons. The largest absolute Gasteiger partial charge is 0.313 e. The quantitative estimate of drug-likeness (QED) is 0.769. The second kappa shape index (κ2) is 6.57. The molecule has 1 aromatic heterocycles. The van der Waals surface area contributed by atoms with Crippen molar-refractivity contribution in [1.82, 2.24) is 5.32 Å². The zero-order chi connectivity index (χ0) is 9.52. The van der Waals surface area contributed by atoms with Crippen molar-refractivity contribution in [2.75, 3.05) is 6.54 Å². The fraction of sp³-hybridized carbons (Fsp3) is 0.600. The van der Waals surface area contributed by atoms with Crippen LogP contribution in [-0.2, 0) is 6.54 Å². The van der Waals surface area contributed by atoms with E-state index in [2.05, 4.69) is 39.6 Å². The second-order valence-electron chi connectivity index (χ2n) is 3.14. The van der Waals surface area contributed by atoms with Gasteiger partial charge in [-0.15, -0.1) is 11.3 Å². The molecule has 0 saturated carbocycles. The molecule has 0 aliphatic heterocycles. The predicted octanol–water partition coefficient (Wildman–Crippen LogP) is 3.79. The van der Waals surface area contributed by atoms with E-state index in [-0.39, 0.29) is 0 Å². The zero-order valence-electron chi connectivity index (χ0n) is 7.98. The summed E-state index contributed by atoms with van der Waals surface area (Å²) in [4.78, 5) is 0. The number of nitrogens with one attached hydrogen (secondary N) is 1. The Morgan fingerprint density at radius 3 is 2.92 bits per heavy atom. The molecule has 1 nitrogen and oxygen atoms in total. The molecule has 0 fully saturated rings. The fourth-order valence-electron chi connectivity index (χ4n) is 1.17. The molecule has 1 N–H and O–H groups in total. The van der Waals surface area contributed by atoms with Crippen LogP contribution < -0.4 is 5.32 Å². The highest BCUT2D eigenvalue weighted by Crippen LogP contribution is 2.20. The van der Waals surface area contributed by atoms with Crippen LogP contribution in [0.3, 0.4) is 0 Å². The summed E-state index contributed by atoms with van der Waals surface area (Å²) in [5.74, 6) is 0. The Morgan fingerprint density at radius 2 is 2.31 bits per heavy atom. The number of hydrogen-bond donors (Lipinski definition) is 1. The smallest absolute Gasteiger partial charge is 0.0701 e. The average Bonchev–Trinajstić information content (AvgIpc) is 2.51. The summed E-state index contributed by atoms with van der Waals surface area (Å²) in [5.41, 5.74) is 1.38. The molecule has 1 aromatic rings. The molecule has 0 aliphatic rings. The fourth-order valence-corrected chi connectivity index (χ4v) is 2.38. The molecule has 0 saturated heterocycles. The van der Waals surface area contributed by atoms with E-state index in [4.69, 9.17) is 0 Å². The molecule has 13 heavy (non-hydrogen) atoms. The lowest BCUT2D eigenvalue weighted by molar-refractivity contribution is 0.617. The van der Waals surface area contributed by atoms with Gasteiger partial charge in [0.05, 0.1) is 3.79 Å². The lowest BCUT2D eigenvalue weighted by Crippen LogP contribution is -2.13. The van der Waals surface area contributed by atoms with E-state index in [9.17, 15) is 0 Å². The summed E-state index contributed by atoms with van der Waals surface area (Å²) < 4.78 is 1.22. The van der Waals surface area contributed by atoms with E-state index >= 15 is 0 Å². The lowest BCUT2D eigenvalue weighted by atomic mass is 10.2. The van der Waals surface area contributed by atoms with Crippen LogP contribution in [-0.4, -0.2) is 6.54 Å². The summed E-state index contributed by atoms with van der Waals surface area (Å²) in [6, 6.07) is 2.18. The van der Waals surface area contributed by atoms with Crippen molar-refractivity contribution >= 4 is 27.3 Å². The van der Waals surface area contributed by atoms with Crippen molar-refractivity contribution in [1.29, 1.82) is 0 Å². The van der Waals surface area contributed by atoms with Gasteiger partial charge in [0.2, 0.25) is 0 Å². The average molecular weight is 262 g/mol. The van der Waals surface area contributed by atoms with Crippen LogP contribution in [0.1, 0.15) is 31.7 Å². The van der Waals surface area contributed by atoms with Gasteiger partial charge in [0.25, 0.3) is 0 Å². The van der Waals surface area contributed by atoms with Gasteiger partial charge >= 0.3 is 0 Å². The number of unbranched alkanes of at least 4 members (excludes halogenated alkanes) is 2. The first-order chi connectivity index (χ1) is 6.33. The van der Waals surface area contributed by atoms with E-state index in [1.165, 1.54) is 28.6 Å². The van der Waals surface area contributed by atoms with Crippen LogP contribution in [0.5, 0.6) is 0 Å². The minimum absolute atomic E-state index is 1.01. The van der Waals surface area contributed by atoms with Crippen LogP contribution in [0, 0.1) is 0 Å². The molecule has 0 bridgehead atoms. The minimum Gasteiger partial charge on any atom is -0.313 e. The van der Waals surface area contributed by atoms with Crippen LogP contribution in [0.15, 0.2) is 15.2 Å². The first-order valence-electron chi connectivity index (χ1n) is 4.76. The number of halogens is 1. The third kappa shape index (κ3) is 4.79. The van der Waals surface area contributed by atoms with Gasteiger partial charge in [-0.25, -0.2) is 0 Å². The van der Waals surface area contributed by atoms with Crippen molar-refractivity contribution in [3.63, 3.8) is 0 Å². The van der Waals surface area contributed by atoms with Gasteiger partial charge in [0.1, 0.15) is 0 Å². The van der Waals surface area contributed by atoms with E-state index in [0.29, 0.717) is 0 Å². The molecule has 0 unspecified atom stereocenters. The van der Waals surface area contributed by atoms with Crippen LogP contribution in [0.2, 0.25) is 0 Å². The summed E-state index contributed by atoms with van der Waals surface area (Å²) in [6.45, 7) is 4.38. The van der Waals surface area contributed by atoms with Crippen molar-refractivity contribution in [3.05, 3.63) is 20.8 Å². The SMILES string of the molecule is CCCCCNCc1csc(Br)c1. The molecule has 0 aromatic carbocycles. The third-order valence-corrected chi connectivity index (χ3v) is 3.46. The first-order valence-corrected chi connectivity index (χ1v) is 6.44. The molecule has 0 aliphatic carbocycles. The van der Waals surface area contributed by atoms with Gasteiger partial charge in [-0.05, 0) is 45.9 Å². The van der Waals surface area contributed by atoms with E-state index in [1.54, 1.807) is 11.3 Å². The van der Waals surface area contributed by atoms with Crippen molar-refractivity contribution < 1.29 is 0 Å². The Hall–Kier alpha value is 0.140. The Balaban J connectivity index is 2.06. The Morgan fingerprint density at radius 1 is 1.46 bits per heavy atom. The molecule has 1 heterocycles. The van der Waals surface area contributed by atoms with Gasteiger partial charge in [0.15, 0.2) is 0 Å². The minimum atomic E-state index is 1.01. The van der Waals surface area contributed by atoms with Crippen molar-refractivity contribution in [3.8, 4) is 0 Å². The number of rotatable bonds is 6. The van der Waals surface area contributed by atoms with E-state index in [1.807, 2.05) is 0 Å². The van der Waals surface area contributed by atoms with E-state index in [0.717, 1.165) is 13.1 Å².